The Hall–Kier alpha value is -0.940. The molecule has 0 aliphatic rings. The summed E-state index contributed by atoms with van der Waals surface area (Å²) in [7, 11) is -0.986. The summed E-state index contributed by atoms with van der Waals surface area (Å²) in [6, 6.07) is 3.29. The van der Waals surface area contributed by atoms with Crippen molar-refractivity contribution in [2.45, 2.75) is 24.9 Å². The molecule has 1 aromatic rings. The molecule has 0 aromatic heterocycles. The van der Waals surface area contributed by atoms with Crippen LogP contribution in [0, 0.1) is 0 Å². The third-order valence-electron chi connectivity index (χ3n) is 3.60. The second-order valence-corrected chi connectivity index (χ2v) is 8.24. The first-order valence-electron chi connectivity index (χ1n) is 7.44. The molecular formula is C15H22Cl2N2O6S. The summed E-state index contributed by atoms with van der Waals surface area (Å²) in [4.78, 5) is 12.3. The number of nitrogens with one attached hydrogen (secondary N) is 2. The van der Waals surface area contributed by atoms with Crippen molar-refractivity contribution < 1.29 is 27.8 Å². The van der Waals surface area contributed by atoms with Crippen molar-refractivity contribution in [1.29, 1.82) is 0 Å². The Morgan fingerprint density at radius 1 is 1.31 bits per heavy atom. The fraction of sp³-hybridized carbons (Fsp3) is 0.533. The minimum absolute atomic E-state index is 0.200. The molecule has 148 valence electrons. The highest BCUT2D eigenvalue weighted by atomic mass is 35.5. The Kier molecular flexibility index (Phi) is 8.28. The highest BCUT2D eigenvalue weighted by Crippen LogP contribution is 2.33. The molecule has 1 aromatic carbocycles. The van der Waals surface area contributed by atoms with Crippen LogP contribution in [-0.2, 0) is 30.1 Å². The standard InChI is InChI=1S/C15H22Cl2N2O6S/c1-9(20)13(19-26(4,22)23)14(21)18-8-15(24-2,25-3)11-6-5-10(16)7-12(11)17/h5-7,9,13,19-20H,8H2,1-4H3,(H,18,21). The lowest BCUT2D eigenvalue weighted by atomic mass is 10.0. The number of halogens is 2. The van der Waals surface area contributed by atoms with E-state index in [0.29, 0.717) is 10.6 Å². The average Bonchev–Trinajstić information content (AvgIpc) is 2.53. The topological polar surface area (TPSA) is 114 Å². The number of sulfonamides is 1. The Bertz CT molecular complexity index is 738. The van der Waals surface area contributed by atoms with Crippen molar-refractivity contribution in [2.75, 3.05) is 27.0 Å². The smallest absolute Gasteiger partial charge is 0.241 e. The van der Waals surface area contributed by atoms with Gasteiger partial charge in [0, 0.05) is 24.8 Å². The van der Waals surface area contributed by atoms with E-state index in [2.05, 4.69) is 10.0 Å². The first-order chi connectivity index (χ1) is 12.0. The maximum atomic E-state index is 12.3. The van der Waals surface area contributed by atoms with E-state index in [9.17, 15) is 18.3 Å². The van der Waals surface area contributed by atoms with Crippen molar-refractivity contribution in [1.82, 2.24) is 10.0 Å². The van der Waals surface area contributed by atoms with Gasteiger partial charge in [-0.05, 0) is 19.1 Å². The normalized spacial score (nSPS) is 14.7. The molecule has 0 aliphatic heterocycles. The van der Waals surface area contributed by atoms with Gasteiger partial charge in [-0.3, -0.25) is 4.79 Å². The van der Waals surface area contributed by atoms with Gasteiger partial charge in [0.1, 0.15) is 6.04 Å². The van der Waals surface area contributed by atoms with E-state index in [1.807, 2.05) is 0 Å². The number of aliphatic hydroxyl groups is 1. The highest BCUT2D eigenvalue weighted by Gasteiger charge is 2.36. The Labute approximate surface area is 162 Å². The second-order valence-electron chi connectivity index (χ2n) is 5.61. The molecule has 0 radical (unpaired) electrons. The van der Waals surface area contributed by atoms with Crippen molar-refractivity contribution in [3.05, 3.63) is 33.8 Å². The van der Waals surface area contributed by atoms with Crippen LogP contribution in [0.4, 0.5) is 0 Å². The zero-order valence-electron chi connectivity index (χ0n) is 14.7. The van der Waals surface area contributed by atoms with Gasteiger partial charge in [0.15, 0.2) is 0 Å². The molecule has 0 saturated carbocycles. The van der Waals surface area contributed by atoms with E-state index >= 15 is 0 Å². The highest BCUT2D eigenvalue weighted by molar-refractivity contribution is 7.88. The predicted molar refractivity (Wildman–Crippen MR) is 98.6 cm³/mol. The molecule has 0 heterocycles. The SMILES string of the molecule is COC(CNC(=O)C(NS(C)(=O)=O)C(C)O)(OC)c1ccc(Cl)cc1Cl. The van der Waals surface area contributed by atoms with Crippen LogP contribution in [-0.4, -0.2) is 58.6 Å². The molecule has 0 saturated heterocycles. The fourth-order valence-electron chi connectivity index (χ4n) is 2.26. The van der Waals surface area contributed by atoms with E-state index < -0.39 is 33.9 Å². The van der Waals surface area contributed by atoms with Crippen LogP contribution < -0.4 is 10.0 Å². The molecule has 2 atom stereocenters. The number of carbonyl (C=O) groups excluding carboxylic acids is 1. The van der Waals surface area contributed by atoms with Crippen molar-refractivity contribution in [3.63, 3.8) is 0 Å². The van der Waals surface area contributed by atoms with Gasteiger partial charge in [-0.1, -0.05) is 29.3 Å². The first-order valence-corrected chi connectivity index (χ1v) is 10.1. The van der Waals surface area contributed by atoms with Crippen LogP contribution in [0.15, 0.2) is 18.2 Å². The zero-order valence-corrected chi connectivity index (χ0v) is 17.1. The first kappa shape index (κ1) is 23.1. The molecule has 26 heavy (non-hydrogen) atoms. The van der Waals surface area contributed by atoms with Gasteiger partial charge in [0.05, 0.1) is 23.9 Å². The number of hydrogen-bond donors (Lipinski definition) is 3. The predicted octanol–water partition coefficient (Wildman–Crippen LogP) is 0.854. The largest absolute Gasteiger partial charge is 0.391 e. The van der Waals surface area contributed by atoms with Gasteiger partial charge in [-0.25, -0.2) is 13.1 Å². The van der Waals surface area contributed by atoms with Gasteiger partial charge in [0.25, 0.3) is 0 Å². The summed E-state index contributed by atoms with van der Waals surface area (Å²) < 4.78 is 35.7. The number of hydrogen-bond acceptors (Lipinski definition) is 6. The van der Waals surface area contributed by atoms with Crippen LogP contribution in [0.3, 0.4) is 0 Å². The molecule has 2 unspecified atom stereocenters. The van der Waals surface area contributed by atoms with Crippen LogP contribution in [0.2, 0.25) is 10.0 Å². The van der Waals surface area contributed by atoms with Gasteiger partial charge in [0.2, 0.25) is 21.7 Å². The third-order valence-corrected chi connectivity index (χ3v) is 4.83. The molecule has 11 heteroatoms. The average molecular weight is 429 g/mol. The van der Waals surface area contributed by atoms with Crippen LogP contribution in [0.5, 0.6) is 0 Å². The van der Waals surface area contributed by atoms with E-state index in [4.69, 9.17) is 32.7 Å². The molecule has 0 spiro atoms. The molecule has 1 rings (SSSR count). The quantitative estimate of drug-likeness (QED) is 0.502. The lowest BCUT2D eigenvalue weighted by molar-refractivity contribution is -0.212. The number of amides is 1. The van der Waals surface area contributed by atoms with Gasteiger partial charge < -0.3 is 19.9 Å². The Balaban J connectivity index is 3.05. The number of methoxy groups -OCH3 is 2. The van der Waals surface area contributed by atoms with E-state index in [0.717, 1.165) is 6.26 Å². The lowest BCUT2D eigenvalue weighted by Gasteiger charge is -2.33. The molecule has 0 fully saturated rings. The van der Waals surface area contributed by atoms with Crippen LogP contribution >= 0.6 is 23.2 Å². The third kappa shape index (κ3) is 6.05. The Morgan fingerprint density at radius 3 is 2.31 bits per heavy atom. The minimum atomic E-state index is -3.71. The van der Waals surface area contributed by atoms with Crippen LogP contribution in [0.25, 0.3) is 0 Å². The summed E-state index contributed by atoms with van der Waals surface area (Å²) >= 11 is 12.1. The van der Waals surface area contributed by atoms with Crippen molar-refractivity contribution >= 4 is 39.1 Å². The van der Waals surface area contributed by atoms with Crippen LogP contribution in [0.1, 0.15) is 12.5 Å². The van der Waals surface area contributed by atoms with Crippen molar-refractivity contribution in [3.8, 4) is 0 Å². The maximum absolute atomic E-state index is 12.3. The van der Waals surface area contributed by atoms with Gasteiger partial charge in [-0.15, -0.1) is 0 Å². The summed E-state index contributed by atoms with van der Waals surface area (Å²) in [6.07, 6.45) is -0.374. The molecule has 8 nitrogen and oxygen atoms in total. The molecule has 3 N–H and O–H groups in total. The number of rotatable bonds is 9. The molecule has 0 aliphatic carbocycles. The van der Waals surface area contributed by atoms with Gasteiger partial charge >= 0.3 is 0 Å². The summed E-state index contributed by atoms with van der Waals surface area (Å²) in [5.41, 5.74) is 0.415. The van der Waals surface area contributed by atoms with E-state index in [1.54, 1.807) is 12.1 Å². The van der Waals surface area contributed by atoms with Gasteiger partial charge in [-0.2, -0.15) is 0 Å². The van der Waals surface area contributed by atoms with E-state index in [-0.39, 0.29) is 11.6 Å². The van der Waals surface area contributed by atoms with Crippen molar-refractivity contribution in [2.24, 2.45) is 0 Å². The number of carbonyl (C=O) groups is 1. The molecular weight excluding hydrogens is 407 g/mol. The molecule has 1 amide bonds. The monoisotopic (exact) mass is 428 g/mol. The number of ether oxygens (including phenoxy) is 2. The fourth-order valence-corrected chi connectivity index (χ4v) is 3.57. The second kappa shape index (κ2) is 9.32. The number of aliphatic hydroxyl groups excluding tert-OH is 1. The summed E-state index contributed by atoms with van der Waals surface area (Å²) in [5, 5.41) is 12.9. The zero-order chi connectivity index (χ0) is 20.1. The maximum Gasteiger partial charge on any atom is 0.241 e. The molecule has 0 bridgehead atoms. The Morgan fingerprint density at radius 2 is 1.88 bits per heavy atom. The summed E-state index contributed by atoms with van der Waals surface area (Å²) in [6.45, 7) is 1.09. The minimum Gasteiger partial charge on any atom is -0.391 e. The van der Waals surface area contributed by atoms with E-state index in [1.165, 1.54) is 27.2 Å². The number of benzene rings is 1. The lowest BCUT2D eigenvalue weighted by Crippen LogP contribution is -2.54. The summed E-state index contributed by atoms with van der Waals surface area (Å²) in [5.74, 6) is -2.19.